The van der Waals surface area contributed by atoms with Gasteiger partial charge in [-0.05, 0) is 35.1 Å². The fourth-order valence-electron chi connectivity index (χ4n) is 1.90. The summed E-state index contributed by atoms with van der Waals surface area (Å²) >= 11 is 6.80. The Hall–Kier alpha value is -0.440. The van der Waals surface area contributed by atoms with E-state index in [0.29, 0.717) is 0 Å². The number of nitrogens with zero attached hydrogens (tertiary/aromatic N) is 4. The van der Waals surface area contributed by atoms with Crippen molar-refractivity contribution in [2.75, 3.05) is 23.0 Å². The number of aromatic nitrogens is 4. The molecule has 0 saturated heterocycles. The van der Waals surface area contributed by atoms with Crippen LogP contribution in [0.3, 0.4) is 0 Å². The molecule has 0 fully saturated rings. The van der Waals surface area contributed by atoms with Crippen molar-refractivity contribution in [2.45, 2.75) is 48.1 Å². The molecule has 4 nitrogen and oxygen atoms in total. The van der Waals surface area contributed by atoms with Crippen molar-refractivity contribution in [3.05, 3.63) is 12.1 Å². The first-order valence-electron chi connectivity index (χ1n) is 7.99. The number of rotatable bonds is 9. The molecular formula is C16H22N4S4. The van der Waals surface area contributed by atoms with Crippen molar-refractivity contribution in [2.24, 2.45) is 0 Å². The van der Waals surface area contributed by atoms with E-state index in [4.69, 9.17) is 9.97 Å². The van der Waals surface area contributed by atoms with Crippen molar-refractivity contribution < 1.29 is 0 Å². The van der Waals surface area contributed by atoms with E-state index >= 15 is 0 Å². The predicted molar refractivity (Wildman–Crippen MR) is 109 cm³/mol. The highest BCUT2D eigenvalue weighted by Crippen LogP contribution is 2.29. The Morgan fingerprint density at radius 3 is 1.29 bits per heavy atom. The van der Waals surface area contributed by atoms with Crippen LogP contribution in [-0.4, -0.2) is 42.9 Å². The molecule has 0 radical (unpaired) electrons. The van der Waals surface area contributed by atoms with Crippen LogP contribution in [0.2, 0.25) is 0 Å². The topological polar surface area (TPSA) is 51.6 Å². The van der Waals surface area contributed by atoms with E-state index in [9.17, 15) is 0 Å². The highest BCUT2D eigenvalue weighted by Gasteiger charge is 2.12. The van der Waals surface area contributed by atoms with Crippen molar-refractivity contribution in [1.82, 2.24) is 19.9 Å². The summed E-state index contributed by atoms with van der Waals surface area (Å²) in [5.41, 5.74) is 1.77. The summed E-state index contributed by atoms with van der Waals surface area (Å²) in [7, 11) is 0. The molecule has 2 aromatic rings. The van der Waals surface area contributed by atoms with E-state index in [1.54, 1.807) is 47.0 Å². The minimum atomic E-state index is 0.818. The SMILES string of the molecule is CCSc1cc(-c2cc(SCC)nc(SCC)n2)nc(SCC)n1. The zero-order valence-electron chi connectivity index (χ0n) is 14.4. The van der Waals surface area contributed by atoms with Crippen molar-refractivity contribution in [1.29, 1.82) is 0 Å². The van der Waals surface area contributed by atoms with Gasteiger partial charge in [-0.1, -0.05) is 51.2 Å². The minimum Gasteiger partial charge on any atom is -0.221 e. The van der Waals surface area contributed by atoms with Gasteiger partial charge in [0.25, 0.3) is 0 Å². The summed E-state index contributed by atoms with van der Waals surface area (Å²) in [6, 6.07) is 4.08. The van der Waals surface area contributed by atoms with Gasteiger partial charge in [-0.2, -0.15) is 0 Å². The molecule has 0 N–H and O–H groups in total. The van der Waals surface area contributed by atoms with Crippen molar-refractivity contribution in [3.63, 3.8) is 0 Å². The van der Waals surface area contributed by atoms with E-state index in [2.05, 4.69) is 37.7 Å². The first-order chi connectivity index (χ1) is 11.7. The van der Waals surface area contributed by atoms with Crippen molar-refractivity contribution >= 4 is 47.0 Å². The Labute approximate surface area is 161 Å². The van der Waals surface area contributed by atoms with Crippen LogP contribution in [0, 0.1) is 0 Å². The molecule has 0 aliphatic rings. The van der Waals surface area contributed by atoms with E-state index in [1.807, 2.05) is 12.1 Å². The lowest BCUT2D eigenvalue weighted by molar-refractivity contribution is 0.866. The predicted octanol–water partition coefficient (Wildman–Crippen LogP) is 5.38. The molecule has 0 aliphatic heterocycles. The normalized spacial score (nSPS) is 11.0. The molecule has 0 unspecified atom stereocenters. The second-order valence-electron chi connectivity index (χ2n) is 4.48. The summed E-state index contributed by atoms with van der Waals surface area (Å²) in [5, 5.41) is 3.65. The lowest BCUT2D eigenvalue weighted by atomic mass is 10.3. The molecule has 0 spiro atoms. The molecule has 24 heavy (non-hydrogen) atoms. The Morgan fingerprint density at radius 2 is 0.958 bits per heavy atom. The minimum absolute atomic E-state index is 0.818. The number of hydrogen-bond donors (Lipinski definition) is 0. The van der Waals surface area contributed by atoms with Gasteiger partial charge in [0, 0.05) is 0 Å². The molecule has 2 heterocycles. The van der Waals surface area contributed by atoms with Crippen LogP contribution in [-0.2, 0) is 0 Å². The smallest absolute Gasteiger partial charge is 0.189 e. The Morgan fingerprint density at radius 1 is 0.583 bits per heavy atom. The van der Waals surface area contributed by atoms with Crippen LogP contribution < -0.4 is 0 Å². The molecule has 0 saturated carbocycles. The van der Waals surface area contributed by atoms with Gasteiger partial charge in [-0.3, -0.25) is 0 Å². The number of thioether (sulfide) groups is 4. The molecule has 130 valence electrons. The largest absolute Gasteiger partial charge is 0.221 e. The molecule has 8 heteroatoms. The lowest BCUT2D eigenvalue weighted by Crippen LogP contribution is -1.98. The second-order valence-corrected chi connectivity index (χ2v) is 9.51. The molecule has 2 rings (SSSR count). The van der Waals surface area contributed by atoms with Crippen LogP contribution in [0.1, 0.15) is 27.7 Å². The van der Waals surface area contributed by atoms with Crippen LogP contribution in [0.25, 0.3) is 11.4 Å². The van der Waals surface area contributed by atoms with E-state index < -0.39 is 0 Å². The summed E-state index contributed by atoms with van der Waals surface area (Å²) in [6.07, 6.45) is 0. The van der Waals surface area contributed by atoms with Crippen LogP contribution in [0.5, 0.6) is 0 Å². The monoisotopic (exact) mass is 398 g/mol. The molecule has 0 atom stereocenters. The Kier molecular flexibility index (Phi) is 8.72. The maximum Gasteiger partial charge on any atom is 0.189 e. The number of hydrogen-bond acceptors (Lipinski definition) is 8. The molecule has 0 aromatic carbocycles. The van der Waals surface area contributed by atoms with Crippen molar-refractivity contribution in [3.8, 4) is 11.4 Å². The van der Waals surface area contributed by atoms with Gasteiger partial charge in [0.2, 0.25) is 0 Å². The molecule has 0 amide bonds. The van der Waals surface area contributed by atoms with Crippen LogP contribution >= 0.6 is 47.0 Å². The van der Waals surface area contributed by atoms with Gasteiger partial charge in [-0.25, -0.2) is 19.9 Å². The molecular weight excluding hydrogens is 376 g/mol. The average Bonchev–Trinajstić information content (AvgIpc) is 2.56. The second kappa shape index (κ2) is 10.5. The van der Waals surface area contributed by atoms with Gasteiger partial charge in [-0.15, -0.1) is 23.5 Å². The first-order valence-corrected chi connectivity index (χ1v) is 11.9. The maximum atomic E-state index is 4.71. The van der Waals surface area contributed by atoms with Gasteiger partial charge < -0.3 is 0 Å². The Bertz CT molecular complexity index is 561. The Balaban J connectivity index is 2.47. The highest BCUT2D eigenvalue weighted by molar-refractivity contribution is 8.00. The summed E-state index contributed by atoms with van der Waals surface area (Å²) in [6.45, 7) is 8.50. The quantitative estimate of drug-likeness (QED) is 0.317. The first kappa shape index (κ1) is 19.9. The molecule has 0 aliphatic carbocycles. The van der Waals surface area contributed by atoms with Gasteiger partial charge in [0.15, 0.2) is 10.3 Å². The fourth-order valence-corrected chi connectivity index (χ4v) is 4.47. The standard InChI is InChI=1S/C16H22N4S4/c1-5-21-13-9-11(17-15(19-13)23-7-3)12-10-14(22-6-2)20-16(18-12)24-8-4/h9-10H,5-8H2,1-4H3. The lowest BCUT2D eigenvalue weighted by Gasteiger charge is -2.09. The summed E-state index contributed by atoms with van der Waals surface area (Å²) < 4.78 is 0. The fraction of sp³-hybridized carbons (Fsp3) is 0.500. The summed E-state index contributed by atoms with van der Waals surface area (Å²) in [5.74, 6) is 3.89. The average molecular weight is 399 g/mol. The van der Waals surface area contributed by atoms with E-state index in [0.717, 1.165) is 54.8 Å². The van der Waals surface area contributed by atoms with Gasteiger partial charge >= 0.3 is 0 Å². The third kappa shape index (κ3) is 5.82. The van der Waals surface area contributed by atoms with Gasteiger partial charge in [0.1, 0.15) is 10.1 Å². The summed E-state index contributed by atoms with van der Waals surface area (Å²) in [4.78, 5) is 18.6. The molecule has 2 aromatic heterocycles. The third-order valence-electron chi connectivity index (χ3n) is 2.76. The highest BCUT2D eigenvalue weighted by atomic mass is 32.2. The van der Waals surface area contributed by atoms with Gasteiger partial charge in [0.05, 0.1) is 11.4 Å². The van der Waals surface area contributed by atoms with E-state index in [-0.39, 0.29) is 0 Å². The van der Waals surface area contributed by atoms with E-state index in [1.165, 1.54) is 0 Å². The zero-order chi connectivity index (χ0) is 17.4. The maximum absolute atomic E-state index is 4.71. The van der Waals surface area contributed by atoms with Crippen LogP contribution in [0.4, 0.5) is 0 Å². The molecule has 0 bridgehead atoms. The third-order valence-corrected chi connectivity index (χ3v) is 5.80. The van der Waals surface area contributed by atoms with Crippen LogP contribution in [0.15, 0.2) is 32.5 Å². The zero-order valence-corrected chi connectivity index (χ0v) is 17.7.